The van der Waals surface area contributed by atoms with Crippen LogP contribution >= 0.6 is 0 Å². The zero-order valence-corrected chi connectivity index (χ0v) is 14.2. The maximum atomic E-state index is 12.5. The van der Waals surface area contributed by atoms with Crippen LogP contribution in [0.5, 0.6) is 11.5 Å². The number of nitrogens with one attached hydrogen (secondary N) is 2. The summed E-state index contributed by atoms with van der Waals surface area (Å²) in [6.45, 7) is 0.317. The average Bonchev–Trinajstić information content (AvgIpc) is 3.08. The standard InChI is InChI=1S/C17H25N3O4/c1-19-15(21)10-24-13-6-5-12(9-14(13)23-2)16(22)20-17(11-18)7-3-4-8-17/h5-6,9H,3-4,7-8,10-11,18H2,1-2H3,(H,19,21)(H,20,22). The Kier molecular flexibility index (Phi) is 6.03. The van der Waals surface area contributed by atoms with E-state index in [1.54, 1.807) is 18.2 Å². The monoisotopic (exact) mass is 335 g/mol. The number of hydrogen-bond acceptors (Lipinski definition) is 5. The Hall–Kier alpha value is -2.28. The number of amides is 2. The summed E-state index contributed by atoms with van der Waals surface area (Å²) in [6.07, 6.45) is 3.96. The Morgan fingerprint density at radius 1 is 1.25 bits per heavy atom. The van der Waals surface area contributed by atoms with Gasteiger partial charge in [-0.05, 0) is 31.0 Å². The van der Waals surface area contributed by atoms with Crippen molar-refractivity contribution >= 4 is 11.8 Å². The Labute approximate surface area is 141 Å². The third-order valence-corrected chi connectivity index (χ3v) is 4.39. The summed E-state index contributed by atoms with van der Waals surface area (Å²) < 4.78 is 10.7. The molecule has 0 atom stereocenters. The Bertz CT molecular complexity index is 597. The van der Waals surface area contributed by atoms with E-state index in [2.05, 4.69) is 10.6 Å². The number of nitrogens with two attached hydrogens (primary N) is 1. The van der Waals surface area contributed by atoms with E-state index < -0.39 is 0 Å². The van der Waals surface area contributed by atoms with Crippen molar-refractivity contribution in [3.63, 3.8) is 0 Å². The molecule has 1 aliphatic rings. The van der Waals surface area contributed by atoms with E-state index in [-0.39, 0.29) is 24.0 Å². The van der Waals surface area contributed by atoms with Gasteiger partial charge < -0.3 is 25.8 Å². The average molecular weight is 335 g/mol. The summed E-state index contributed by atoms with van der Waals surface area (Å²) in [5, 5.41) is 5.54. The second-order valence-corrected chi connectivity index (χ2v) is 5.97. The first-order valence-corrected chi connectivity index (χ1v) is 8.07. The van der Waals surface area contributed by atoms with Gasteiger partial charge in [-0.15, -0.1) is 0 Å². The van der Waals surface area contributed by atoms with Crippen molar-refractivity contribution in [3.8, 4) is 11.5 Å². The van der Waals surface area contributed by atoms with Crippen LogP contribution in [0.4, 0.5) is 0 Å². The molecule has 1 fully saturated rings. The maximum Gasteiger partial charge on any atom is 0.257 e. The van der Waals surface area contributed by atoms with Gasteiger partial charge in [0.1, 0.15) is 0 Å². The molecule has 7 heteroatoms. The molecule has 0 spiro atoms. The molecule has 7 nitrogen and oxygen atoms in total. The number of methoxy groups -OCH3 is 1. The third-order valence-electron chi connectivity index (χ3n) is 4.39. The van der Waals surface area contributed by atoms with Gasteiger partial charge in [0.15, 0.2) is 18.1 Å². The number of likely N-dealkylation sites (N-methyl/N-ethyl adjacent to an activating group) is 1. The van der Waals surface area contributed by atoms with Crippen molar-refractivity contribution in [2.45, 2.75) is 31.2 Å². The minimum atomic E-state index is -0.307. The molecule has 2 amide bonds. The van der Waals surface area contributed by atoms with Crippen molar-refractivity contribution < 1.29 is 19.1 Å². The van der Waals surface area contributed by atoms with Crippen molar-refractivity contribution in [2.24, 2.45) is 5.73 Å². The molecular weight excluding hydrogens is 310 g/mol. The summed E-state index contributed by atoms with van der Waals surface area (Å²) in [5.74, 6) is 0.385. The van der Waals surface area contributed by atoms with Crippen molar-refractivity contribution in [2.75, 3.05) is 27.3 Å². The zero-order valence-electron chi connectivity index (χ0n) is 14.2. The van der Waals surface area contributed by atoms with Gasteiger partial charge in [-0.1, -0.05) is 12.8 Å². The molecule has 0 saturated heterocycles. The van der Waals surface area contributed by atoms with Gasteiger partial charge in [-0.25, -0.2) is 0 Å². The molecule has 0 heterocycles. The molecule has 132 valence electrons. The molecule has 1 saturated carbocycles. The fraction of sp³-hybridized carbons (Fsp3) is 0.529. The quantitative estimate of drug-likeness (QED) is 0.685. The van der Waals surface area contributed by atoms with Gasteiger partial charge >= 0.3 is 0 Å². The van der Waals surface area contributed by atoms with Crippen molar-refractivity contribution in [3.05, 3.63) is 23.8 Å². The minimum absolute atomic E-state index is 0.116. The zero-order chi connectivity index (χ0) is 17.6. The highest BCUT2D eigenvalue weighted by Gasteiger charge is 2.34. The number of rotatable bonds is 7. The minimum Gasteiger partial charge on any atom is -0.493 e. The van der Waals surface area contributed by atoms with Crippen LogP contribution in [0, 0.1) is 0 Å². The Morgan fingerprint density at radius 3 is 2.54 bits per heavy atom. The highest BCUT2D eigenvalue weighted by molar-refractivity contribution is 5.95. The Balaban J connectivity index is 2.10. The fourth-order valence-electron chi connectivity index (χ4n) is 2.89. The lowest BCUT2D eigenvalue weighted by atomic mass is 9.97. The van der Waals surface area contributed by atoms with Crippen LogP contribution in [0.3, 0.4) is 0 Å². The number of benzene rings is 1. The number of ether oxygens (including phenoxy) is 2. The number of hydrogen-bond donors (Lipinski definition) is 3. The largest absolute Gasteiger partial charge is 0.493 e. The Morgan fingerprint density at radius 2 is 1.96 bits per heavy atom. The van der Waals surface area contributed by atoms with E-state index in [0.717, 1.165) is 25.7 Å². The van der Waals surface area contributed by atoms with Crippen LogP contribution in [0.1, 0.15) is 36.0 Å². The first kappa shape index (κ1) is 18.1. The second kappa shape index (κ2) is 8.01. The second-order valence-electron chi connectivity index (χ2n) is 5.97. The number of carbonyl (C=O) groups is 2. The van der Waals surface area contributed by atoms with Crippen LogP contribution in [-0.4, -0.2) is 44.7 Å². The molecule has 1 aromatic rings. The fourth-order valence-corrected chi connectivity index (χ4v) is 2.89. The van der Waals surface area contributed by atoms with Gasteiger partial charge in [0.2, 0.25) is 0 Å². The maximum absolute atomic E-state index is 12.5. The first-order valence-electron chi connectivity index (χ1n) is 8.07. The predicted molar refractivity (Wildman–Crippen MR) is 90.3 cm³/mol. The van der Waals surface area contributed by atoms with E-state index in [0.29, 0.717) is 23.6 Å². The van der Waals surface area contributed by atoms with Crippen molar-refractivity contribution in [1.29, 1.82) is 0 Å². The summed E-state index contributed by atoms with van der Waals surface area (Å²) in [5.41, 5.74) is 6.02. The molecule has 2 rings (SSSR count). The van der Waals surface area contributed by atoms with Gasteiger partial charge in [0, 0.05) is 19.2 Å². The van der Waals surface area contributed by atoms with Crippen LogP contribution in [0.15, 0.2) is 18.2 Å². The lowest BCUT2D eigenvalue weighted by molar-refractivity contribution is -0.122. The molecule has 4 N–H and O–H groups in total. The van der Waals surface area contributed by atoms with Crippen LogP contribution in [0.25, 0.3) is 0 Å². The molecule has 0 aromatic heterocycles. The smallest absolute Gasteiger partial charge is 0.257 e. The molecule has 0 unspecified atom stereocenters. The molecule has 24 heavy (non-hydrogen) atoms. The first-order chi connectivity index (χ1) is 11.5. The topological polar surface area (TPSA) is 103 Å². The van der Waals surface area contributed by atoms with E-state index in [1.807, 2.05) is 0 Å². The molecule has 0 bridgehead atoms. The highest BCUT2D eigenvalue weighted by atomic mass is 16.5. The van der Waals surface area contributed by atoms with Gasteiger partial charge in [0.25, 0.3) is 11.8 Å². The molecule has 0 radical (unpaired) electrons. The van der Waals surface area contributed by atoms with Gasteiger partial charge in [-0.2, -0.15) is 0 Å². The predicted octanol–water partition coefficient (Wildman–Crippen LogP) is 0.821. The van der Waals surface area contributed by atoms with Gasteiger partial charge in [-0.3, -0.25) is 9.59 Å². The van der Waals surface area contributed by atoms with E-state index in [1.165, 1.54) is 14.2 Å². The molecular formula is C17H25N3O4. The summed E-state index contributed by atoms with van der Waals surface area (Å²) >= 11 is 0. The van der Waals surface area contributed by atoms with E-state index in [4.69, 9.17) is 15.2 Å². The lowest BCUT2D eigenvalue weighted by Crippen LogP contribution is -2.51. The third kappa shape index (κ3) is 4.17. The lowest BCUT2D eigenvalue weighted by Gasteiger charge is -2.28. The van der Waals surface area contributed by atoms with Crippen LogP contribution in [0.2, 0.25) is 0 Å². The van der Waals surface area contributed by atoms with Crippen LogP contribution < -0.4 is 25.8 Å². The van der Waals surface area contributed by atoms with Crippen molar-refractivity contribution in [1.82, 2.24) is 10.6 Å². The number of carbonyl (C=O) groups excluding carboxylic acids is 2. The summed E-state index contributed by atoms with van der Waals surface area (Å²) in [7, 11) is 3.02. The molecule has 1 aliphatic carbocycles. The normalized spacial score (nSPS) is 15.6. The summed E-state index contributed by atoms with van der Waals surface area (Å²) in [4.78, 5) is 23.8. The van der Waals surface area contributed by atoms with E-state index in [9.17, 15) is 9.59 Å². The SMILES string of the molecule is CNC(=O)COc1ccc(C(=O)NC2(CN)CCCC2)cc1OC. The highest BCUT2D eigenvalue weighted by Crippen LogP contribution is 2.31. The molecule has 1 aromatic carbocycles. The van der Waals surface area contributed by atoms with Gasteiger partial charge in [0.05, 0.1) is 12.6 Å². The molecule has 0 aliphatic heterocycles. The van der Waals surface area contributed by atoms with Crippen LogP contribution in [-0.2, 0) is 4.79 Å². The summed E-state index contributed by atoms with van der Waals surface area (Å²) in [6, 6.07) is 4.88. The van der Waals surface area contributed by atoms with E-state index >= 15 is 0 Å².